The van der Waals surface area contributed by atoms with Gasteiger partial charge in [0.2, 0.25) is 0 Å². The summed E-state index contributed by atoms with van der Waals surface area (Å²) >= 11 is 0. The fraction of sp³-hybridized carbons (Fsp3) is 0.130. The molecule has 3 aromatic rings. The number of hydrogen-bond acceptors (Lipinski definition) is 1. The van der Waals surface area contributed by atoms with Crippen LogP contribution in [0.2, 0.25) is 0 Å². The van der Waals surface area contributed by atoms with E-state index in [1.54, 1.807) is 0 Å². The maximum absolute atomic E-state index is 2.52. The summed E-state index contributed by atoms with van der Waals surface area (Å²) < 4.78 is 0. The normalized spacial score (nSPS) is 18.9. The number of hydrogen-bond donors (Lipinski definition) is 0. The van der Waals surface area contributed by atoms with Crippen molar-refractivity contribution in [3.63, 3.8) is 0 Å². The van der Waals surface area contributed by atoms with Crippen LogP contribution in [0.4, 0.5) is 5.69 Å². The molecule has 1 fully saturated rings. The maximum Gasteiger partial charge on any atom is 0.0759 e. The van der Waals surface area contributed by atoms with Crippen molar-refractivity contribution in [2.75, 3.05) is 11.4 Å². The van der Waals surface area contributed by atoms with Gasteiger partial charge in [-0.3, -0.25) is 0 Å². The monoisotopic (exact) mass is 311 g/mol. The van der Waals surface area contributed by atoms with E-state index < -0.39 is 0 Å². The summed E-state index contributed by atoms with van der Waals surface area (Å²) in [5, 5.41) is 0. The molecule has 0 aliphatic carbocycles. The van der Waals surface area contributed by atoms with Crippen molar-refractivity contribution in [1.29, 1.82) is 0 Å². The average Bonchev–Trinajstić information content (AvgIpc) is 3.07. The Morgan fingerprint density at radius 1 is 0.708 bits per heavy atom. The first-order valence-electron chi connectivity index (χ1n) is 8.54. The zero-order valence-corrected chi connectivity index (χ0v) is 13.7. The third kappa shape index (κ3) is 2.98. The van der Waals surface area contributed by atoms with Crippen LogP contribution in [0.1, 0.15) is 23.6 Å². The van der Waals surface area contributed by atoms with Crippen LogP contribution in [0.15, 0.2) is 96.6 Å². The van der Waals surface area contributed by atoms with E-state index in [0.29, 0.717) is 6.04 Å². The van der Waals surface area contributed by atoms with E-state index in [1.165, 1.54) is 22.4 Å². The Morgan fingerprint density at radius 3 is 1.96 bits per heavy atom. The van der Waals surface area contributed by atoms with Crippen molar-refractivity contribution in [3.05, 3.63) is 108 Å². The third-order valence-electron chi connectivity index (χ3n) is 4.66. The van der Waals surface area contributed by atoms with Crippen LogP contribution in [-0.4, -0.2) is 6.54 Å². The maximum atomic E-state index is 2.52. The highest BCUT2D eigenvalue weighted by molar-refractivity contribution is 5.62. The Morgan fingerprint density at radius 2 is 1.29 bits per heavy atom. The largest absolute Gasteiger partial charge is 0.360 e. The van der Waals surface area contributed by atoms with Gasteiger partial charge in [0.25, 0.3) is 0 Å². The van der Waals surface area contributed by atoms with E-state index in [1.807, 2.05) is 0 Å². The second-order valence-electron chi connectivity index (χ2n) is 6.22. The summed E-state index contributed by atoms with van der Waals surface area (Å²) in [4.78, 5) is 2.52. The highest BCUT2D eigenvalue weighted by Gasteiger charge is 2.30. The van der Waals surface area contributed by atoms with Crippen molar-refractivity contribution >= 4 is 11.8 Å². The highest BCUT2D eigenvalue weighted by atomic mass is 15.2. The molecule has 1 nitrogen and oxygen atoms in total. The van der Waals surface area contributed by atoms with Crippen LogP contribution in [0, 0.1) is 0 Å². The number of rotatable bonds is 3. The van der Waals surface area contributed by atoms with E-state index in [2.05, 4.69) is 102 Å². The fourth-order valence-corrected chi connectivity index (χ4v) is 3.56. The van der Waals surface area contributed by atoms with Crippen molar-refractivity contribution in [1.82, 2.24) is 0 Å². The zero-order chi connectivity index (χ0) is 16.2. The second kappa shape index (κ2) is 6.76. The molecule has 0 saturated carbocycles. The van der Waals surface area contributed by atoms with Crippen molar-refractivity contribution in [2.45, 2.75) is 12.5 Å². The summed E-state index contributed by atoms with van der Waals surface area (Å²) in [6.45, 7) is 1.06. The lowest BCUT2D eigenvalue weighted by molar-refractivity contribution is 0.810. The number of para-hydroxylation sites is 1. The SMILES string of the molecule is C(=C1/CCN(c2ccccc2)C1c1ccccc1)/c1ccccc1. The average molecular weight is 311 g/mol. The predicted molar refractivity (Wildman–Crippen MR) is 102 cm³/mol. The van der Waals surface area contributed by atoms with E-state index in [4.69, 9.17) is 0 Å². The molecule has 24 heavy (non-hydrogen) atoms. The summed E-state index contributed by atoms with van der Waals surface area (Å²) in [7, 11) is 0. The molecule has 0 radical (unpaired) electrons. The van der Waals surface area contributed by atoms with Gasteiger partial charge in [0.1, 0.15) is 0 Å². The molecular formula is C23H21N. The van der Waals surface area contributed by atoms with Gasteiger partial charge in [-0.2, -0.15) is 0 Å². The Kier molecular flexibility index (Phi) is 4.16. The van der Waals surface area contributed by atoms with Gasteiger partial charge < -0.3 is 4.90 Å². The zero-order valence-electron chi connectivity index (χ0n) is 13.7. The Hall–Kier alpha value is -2.80. The molecule has 1 heteroatoms. The molecule has 1 unspecified atom stereocenters. The molecule has 118 valence electrons. The van der Waals surface area contributed by atoms with E-state index in [-0.39, 0.29) is 0 Å². The summed E-state index contributed by atoms with van der Waals surface area (Å²) in [5.74, 6) is 0. The molecule has 1 heterocycles. The molecule has 4 rings (SSSR count). The molecule has 1 aliphatic rings. The van der Waals surface area contributed by atoms with Crippen LogP contribution in [-0.2, 0) is 0 Å². The first-order chi connectivity index (χ1) is 11.9. The lowest BCUT2D eigenvalue weighted by atomic mass is 9.97. The van der Waals surface area contributed by atoms with Gasteiger partial charge >= 0.3 is 0 Å². The van der Waals surface area contributed by atoms with E-state index >= 15 is 0 Å². The topological polar surface area (TPSA) is 3.24 Å². The van der Waals surface area contributed by atoms with Gasteiger partial charge in [0.15, 0.2) is 0 Å². The van der Waals surface area contributed by atoms with Crippen molar-refractivity contribution < 1.29 is 0 Å². The summed E-state index contributed by atoms with van der Waals surface area (Å²) in [6, 6.07) is 32.5. The van der Waals surface area contributed by atoms with Gasteiger partial charge in [-0.25, -0.2) is 0 Å². The molecule has 0 bridgehead atoms. The first-order valence-corrected chi connectivity index (χ1v) is 8.54. The van der Waals surface area contributed by atoms with E-state index in [9.17, 15) is 0 Å². The molecule has 0 N–H and O–H groups in total. The Labute approximate surface area is 143 Å². The highest BCUT2D eigenvalue weighted by Crippen LogP contribution is 2.40. The molecule has 1 atom stereocenters. The third-order valence-corrected chi connectivity index (χ3v) is 4.66. The van der Waals surface area contributed by atoms with Crippen LogP contribution in [0.3, 0.4) is 0 Å². The Bertz CT molecular complexity index is 806. The quantitative estimate of drug-likeness (QED) is 0.598. The summed E-state index contributed by atoms with van der Waals surface area (Å²) in [5.41, 5.74) is 5.42. The van der Waals surface area contributed by atoms with Crippen LogP contribution < -0.4 is 4.90 Å². The molecule has 1 saturated heterocycles. The Balaban J connectivity index is 1.76. The predicted octanol–water partition coefficient (Wildman–Crippen LogP) is 5.72. The molecule has 0 aromatic heterocycles. The molecule has 0 amide bonds. The van der Waals surface area contributed by atoms with Crippen LogP contribution in [0.25, 0.3) is 6.08 Å². The van der Waals surface area contributed by atoms with Gasteiger partial charge in [0, 0.05) is 12.2 Å². The van der Waals surface area contributed by atoms with Gasteiger partial charge in [0.05, 0.1) is 6.04 Å². The minimum absolute atomic E-state index is 0.314. The smallest absolute Gasteiger partial charge is 0.0759 e. The van der Waals surface area contributed by atoms with Crippen molar-refractivity contribution in [3.8, 4) is 0 Å². The summed E-state index contributed by atoms with van der Waals surface area (Å²) in [6.07, 6.45) is 3.46. The van der Waals surface area contributed by atoms with E-state index in [0.717, 1.165) is 13.0 Å². The fourth-order valence-electron chi connectivity index (χ4n) is 3.56. The minimum Gasteiger partial charge on any atom is -0.360 e. The lowest BCUT2D eigenvalue weighted by Gasteiger charge is -2.28. The molecule has 1 aliphatic heterocycles. The molecule has 0 spiro atoms. The second-order valence-corrected chi connectivity index (χ2v) is 6.22. The molecule has 3 aromatic carbocycles. The first kappa shape index (κ1) is 14.8. The lowest BCUT2D eigenvalue weighted by Crippen LogP contribution is -2.22. The van der Waals surface area contributed by atoms with Crippen molar-refractivity contribution in [2.24, 2.45) is 0 Å². The van der Waals surface area contributed by atoms with Gasteiger partial charge in [-0.05, 0) is 35.3 Å². The standard InChI is InChI=1S/C23H21N/c1-4-10-19(11-5-1)18-21-16-17-24(22-14-8-3-9-15-22)23(21)20-12-6-2-7-13-20/h1-15,18,23H,16-17H2/b21-18+. The van der Waals surface area contributed by atoms with Gasteiger partial charge in [-0.1, -0.05) is 84.9 Å². The number of benzene rings is 3. The van der Waals surface area contributed by atoms with Crippen LogP contribution in [0.5, 0.6) is 0 Å². The number of nitrogens with zero attached hydrogens (tertiary/aromatic N) is 1. The number of anilines is 1. The van der Waals surface area contributed by atoms with Gasteiger partial charge in [-0.15, -0.1) is 0 Å². The molecular weight excluding hydrogens is 290 g/mol. The minimum atomic E-state index is 0.314. The van der Waals surface area contributed by atoms with Crippen LogP contribution >= 0.6 is 0 Å².